The molecule has 39 heavy (non-hydrogen) atoms. The summed E-state index contributed by atoms with van der Waals surface area (Å²) in [4.78, 5) is 36.6. The molecule has 0 bridgehead atoms. The average molecular weight is 550 g/mol. The molecular formula is C28H31N5O5S. The van der Waals surface area contributed by atoms with E-state index in [-0.39, 0.29) is 28.7 Å². The van der Waals surface area contributed by atoms with Gasteiger partial charge in [-0.1, -0.05) is 31.4 Å². The Balaban J connectivity index is 1.66. The van der Waals surface area contributed by atoms with Crippen molar-refractivity contribution in [3.05, 3.63) is 59.7 Å². The van der Waals surface area contributed by atoms with E-state index in [0.29, 0.717) is 28.0 Å². The molecule has 0 atom stereocenters. The van der Waals surface area contributed by atoms with Gasteiger partial charge in [-0.3, -0.25) is 4.79 Å². The summed E-state index contributed by atoms with van der Waals surface area (Å²) in [5.74, 6) is -0.788. The quantitative estimate of drug-likeness (QED) is 0.329. The van der Waals surface area contributed by atoms with Crippen molar-refractivity contribution in [3.63, 3.8) is 0 Å². The van der Waals surface area contributed by atoms with E-state index in [2.05, 4.69) is 5.32 Å². The summed E-state index contributed by atoms with van der Waals surface area (Å²) in [6.45, 7) is 1.88. The van der Waals surface area contributed by atoms with E-state index >= 15 is 0 Å². The van der Waals surface area contributed by atoms with Gasteiger partial charge in [-0.05, 0) is 56.2 Å². The van der Waals surface area contributed by atoms with Crippen molar-refractivity contribution in [3.8, 4) is 0 Å². The fourth-order valence-electron chi connectivity index (χ4n) is 5.05. The summed E-state index contributed by atoms with van der Waals surface area (Å²) in [5.41, 5.74) is 2.62. The molecule has 1 saturated carbocycles. The Kier molecular flexibility index (Phi) is 7.37. The first-order valence-electron chi connectivity index (χ1n) is 13.0. The number of para-hydroxylation sites is 2. The summed E-state index contributed by atoms with van der Waals surface area (Å²) in [7, 11) is -0.747. The first-order chi connectivity index (χ1) is 18.7. The van der Waals surface area contributed by atoms with Gasteiger partial charge in [-0.2, -0.15) is 0 Å². The van der Waals surface area contributed by atoms with Crippen molar-refractivity contribution >= 4 is 49.9 Å². The number of hydrogen-bond acceptors (Lipinski definition) is 7. The first-order valence-corrected chi connectivity index (χ1v) is 14.5. The summed E-state index contributed by atoms with van der Waals surface area (Å²) in [6, 6.07) is 13.1. The minimum Gasteiger partial charge on any atom is -0.462 e. The summed E-state index contributed by atoms with van der Waals surface area (Å²) < 4.78 is 33.4. The number of nitrogens with zero attached hydrogens (tertiary/aromatic N) is 4. The molecule has 11 heteroatoms. The van der Waals surface area contributed by atoms with Crippen LogP contribution in [0.2, 0.25) is 0 Å². The Morgan fingerprint density at radius 2 is 1.64 bits per heavy atom. The lowest BCUT2D eigenvalue weighted by Crippen LogP contribution is -2.23. The zero-order valence-electron chi connectivity index (χ0n) is 22.2. The van der Waals surface area contributed by atoms with E-state index in [4.69, 9.17) is 14.7 Å². The molecule has 1 aliphatic rings. The lowest BCUT2D eigenvalue weighted by molar-refractivity contribution is 0.0529. The Morgan fingerprint density at radius 1 is 1.00 bits per heavy atom. The summed E-state index contributed by atoms with van der Waals surface area (Å²) in [5, 5.41) is 2.94. The summed E-state index contributed by atoms with van der Waals surface area (Å²) in [6.07, 6.45) is 4.92. The van der Waals surface area contributed by atoms with Crippen LogP contribution < -0.4 is 5.32 Å². The van der Waals surface area contributed by atoms with Crippen molar-refractivity contribution in [2.24, 2.45) is 0 Å². The number of hydrogen-bond donors (Lipinski definition) is 1. The van der Waals surface area contributed by atoms with Crippen LogP contribution in [0.15, 0.2) is 53.4 Å². The molecule has 2 aromatic heterocycles. The molecule has 0 unspecified atom stereocenters. The van der Waals surface area contributed by atoms with Crippen LogP contribution in [0.5, 0.6) is 0 Å². The number of anilines is 1. The first kappa shape index (κ1) is 26.8. The molecule has 0 saturated heterocycles. The number of carbonyl (C=O) groups excluding carboxylic acids is 2. The lowest BCUT2D eigenvalue weighted by atomic mass is 9.95. The zero-order chi connectivity index (χ0) is 27.7. The molecule has 1 fully saturated rings. The monoisotopic (exact) mass is 549 g/mol. The SMILES string of the molecule is CCOC(=O)c1c(NC(=O)c2ccc(S(=O)(=O)N(C)C)cc2)n(C2CCCCC2)c2nc3ccccc3nc12. The van der Waals surface area contributed by atoms with Crippen LogP contribution in [0.25, 0.3) is 22.2 Å². The third-order valence-corrected chi connectivity index (χ3v) is 8.87. The van der Waals surface area contributed by atoms with Gasteiger partial charge in [0.15, 0.2) is 5.65 Å². The standard InChI is InChI=1S/C28H31N5O5S/c1-4-38-28(35)23-24-26(30-22-13-9-8-12-21(22)29-24)33(19-10-6-5-7-11-19)25(23)31-27(34)18-14-16-20(17-15-18)39(36,37)32(2)3/h8-9,12-17,19H,4-7,10-11H2,1-3H3,(H,31,34). The molecule has 5 rings (SSSR count). The van der Waals surface area contributed by atoms with Gasteiger partial charge in [0.05, 0.1) is 22.5 Å². The van der Waals surface area contributed by atoms with Crippen LogP contribution in [0.4, 0.5) is 5.82 Å². The number of aromatic nitrogens is 3. The van der Waals surface area contributed by atoms with Crippen LogP contribution in [0, 0.1) is 0 Å². The van der Waals surface area contributed by atoms with E-state index in [0.717, 1.165) is 36.4 Å². The second kappa shape index (κ2) is 10.7. The van der Waals surface area contributed by atoms with Gasteiger partial charge in [0.1, 0.15) is 16.9 Å². The molecular weight excluding hydrogens is 518 g/mol. The van der Waals surface area contributed by atoms with Crippen LogP contribution in [-0.2, 0) is 14.8 Å². The maximum absolute atomic E-state index is 13.5. The topological polar surface area (TPSA) is 123 Å². The number of ether oxygens (including phenoxy) is 1. The second-order valence-corrected chi connectivity index (χ2v) is 11.9. The lowest BCUT2D eigenvalue weighted by Gasteiger charge is -2.26. The largest absolute Gasteiger partial charge is 0.462 e. The minimum atomic E-state index is -3.64. The molecule has 204 valence electrons. The highest BCUT2D eigenvalue weighted by Gasteiger charge is 2.32. The molecule has 0 radical (unpaired) electrons. The molecule has 2 aromatic carbocycles. The van der Waals surface area contributed by atoms with Crippen molar-refractivity contribution in [2.75, 3.05) is 26.0 Å². The normalized spacial score (nSPS) is 14.7. The smallest absolute Gasteiger partial charge is 0.344 e. The van der Waals surface area contributed by atoms with Crippen molar-refractivity contribution in [1.82, 2.24) is 18.8 Å². The Labute approximate surface area is 227 Å². The molecule has 4 aromatic rings. The van der Waals surface area contributed by atoms with E-state index in [1.165, 1.54) is 38.4 Å². The molecule has 1 aliphatic carbocycles. The highest BCUT2D eigenvalue weighted by atomic mass is 32.2. The van der Waals surface area contributed by atoms with Gasteiger partial charge in [-0.15, -0.1) is 0 Å². The molecule has 0 aliphatic heterocycles. The number of amides is 1. The maximum Gasteiger partial charge on any atom is 0.344 e. The number of fused-ring (bicyclic) bond motifs is 2. The number of rotatable bonds is 7. The van der Waals surface area contributed by atoms with Gasteiger partial charge in [0.2, 0.25) is 10.0 Å². The molecule has 0 spiro atoms. The fraction of sp³-hybridized carbons (Fsp3) is 0.357. The molecule has 1 N–H and O–H groups in total. The minimum absolute atomic E-state index is 0.0165. The van der Waals surface area contributed by atoms with Crippen LogP contribution >= 0.6 is 0 Å². The number of sulfonamides is 1. The van der Waals surface area contributed by atoms with E-state index in [9.17, 15) is 18.0 Å². The van der Waals surface area contributed by atoms with Gasteiger partial charge in [0, 0.05) is 25.7 Å². The van der Waals surface area contributed by atoms with E-state index < -0.39 is 21.9 Å². The predicted molar refractivity (Wildman–Crippen MR) is 148 cm³/mol. The van der Waals surface area contributed by atoms with Gasteiger partial charge < -0.3 is 14.6 Å². The highest BCUT2D eigenvalue weighted by molar-refractivity contribution is 7.89. The number of benzene rings is 2. The Morgan fingerprint density at radius 3 is 2.26 bits per heavy atom. The molecule has 2 heterocycles. The third-order valence-electron chi connectivity index (χ3n) is 7.04. The number of esters is 1. The maximum atomic E-state index is 13.5. The highest BCUT2D eigenvalue weighted by Crippen LogP contribution is 2.39. The number of carbonyl (C=O) groups is 2. The molecule has 10 nitrogen and oxygen atoms in total. The van der Waals surface area contributed by atoms with Crippen LogP contribution in [0.1, 0.15) is 65.8 Å². The van der Waals surface area contributed by atoms with E-state index in [1.807, 2.05) is 28.8 Å². The zero-order valence-corrected chi connectivity index (χ0v) is 23.0. The number of nitrogens with one attached hydrogen (secondary N) is 1. The average Bonchev–Trinajstić information content (AvgIpc) is 3.24. The van der Waals surface area contributed by atoms with E-state index in [1.54, 1.807) is 6.92 Å². The second-order valence-electron chi connectivity index (χ2n) is 9.76. The molecule has 1 amide bonds. The van der Waals surface area contributed by atoms with Gasteiger partial charge >= 0.3 is 5.97 Å². The van der Waals surface area contributed by atoms with Crippen LogP contribution in [0.3, 0.4) is 0 Å². The van der Waals surface area contributed by atoms with Crippen LogP contribution in [-0.4, -0.2) is 59.8 Å². The predicted octanol–water partition coefficient (Wildman–Crippen LogP) is 4.77. The Hall–Kier alpha value is -3.83. The Bertz CT molecular complexity index is 1660. The fourth-order valence-corrected chi connectivity index (χ4v) is 5.95. The summed E-state index contributed by atoms with van der Waals surface area (Å²) >= 11 is 0. The van der Waals surface area contributed by atoms with Gasteiger partial charge in [-0.25, -0.2) is 27.5 Å². The third kappa shape index (κ3) is 4.99. The van der Waals surface area contributed by atoms with Crippen molar-refractivity contribution in [2.45, 2.75) is 50.0 Å². The van der Waals surface area contributed by atoms with Crippen molar-refractivity contribution in [1.29, 1.82) is 0 Å². The van der Waals surface area contributed by atoms with Gasteiger partial charge in [0.25, 0.3) is 5.91 Å². The van der Waals surface area contributed by atoms with Crippen molar-refractivity contribution < 1.29 is 22.7 Å².